The highest BCUT2D eigenvalue weighted by atomic mass is 14.3. The van der Waals surface area contributed by atoms with Crippen molar-refractivity contribution < 1.29 is 0 Å². The molecule has 12 bridgehead atoms. The van der Waals surface area contributed by atoms with Gasteiger partial charge in [0.2, 0.25) is 0 Å². The van der Waals surface area contributed by atoms with Crippen molar-refractivity contribution in [2.45, 2.75) is 234 Å². The Kier molecular flexibility index (Phi) is 14.7. The first-order valence-corrected chi connectivity index (χ1v) is 27.8. The van der Waals surface area contributed by atoms with Crippen LogP contribution in [-0.2, 0) is 32.5 Å². The van der Waals surface area contributed by atoms with Crippen molar-refractivity contribution in [2.75, 3.05) is 0 Å². The molecule has 0 saturated heterocycles. The molecule has 7 rings (SSSR count). The van der Waals surface area contributed by atoms with E-state index in [-0.39, 0.29) is 68.0 Å². The van der Waals surface area contributed by atoms with Crippen molar-refractivity contribution in [3.8, 4) is 0 Å². The first-order chi connectivity index (χ1) is 32.9. The molecule has 0 radical (unpaired) electrons. The Bertz CT molecular complexity index is 2280. The van der Waals surface area contributed by atoms with E-state index in [9.17, 15) is 0 Å². The smallest absolute Gasteiger partial charge is 0.00614 e. The molecule has 0 fully saturated rings. The van der Waals surface area contributed by atoms with E-state index in [0.29, 0.717) is 0 Å². The molecule has 0 aliphatic heterocycles. The average Bonchev–Trinajstić information content (AvgIpc) is 3.29. The van der Waals surface area contributed by atoms with Crippen LogP contribution in [-0.4, -0.2) is 0 Å². The maximum absolute atomic E-state index is 2.56. The fourth-order valence-electron chi connectivity index (χ4n) is 10.8. The maximum Gasteiger partial charge on any atom is 0.00614 e. The van der Waals surface area contributed by atoms with E-state index in [1.54, 1.807) is 0 Å². The Morgan fingerprint density at radius 2 is 0.250 bits per heavy atom. The summed E-state index contributed by atoms with van der Waals surface area (Å²) in [6.07, 6.45) is 0. The minimum Gasteiger partial charge on any atom is -0.0561 e. The van der Waals surface area contributed by atoms with Gasteiger partial charge in [-0.05, 0) is 133 Å². The quantitative estimate of drug-likeness (QED) is 0.142. The van der Waals surface area contributed by atoms with Gasteiger partial charge in [-0.2, -0.15) is 0 Å². The molecule has 0 amide bonds. The molecule has 0 heteroatoms. The summed E-state index contributed by atoms with van der Waals surface area (Å²) in [6.45, 7) is 57.6. The summed E-state index contributed by atoms with van der Waals surface area (Å²) in [7, 11) is 0. The van der Waals surface area contributed by atoms with Crippen LogP contribution in [0.25, 0.3) is 0 Å². The third-order valence-corrected chi connectivity index (χ3v) is 17.1. The summed E-state index contributed by atoms with van der Waals surface area (Å²) in [5.41, 5.74) is 25.1. The molecule has 6 aromatic rings. The van der Waals surface area contributed by atoms with Crippen LogP contribution in [0.1, 0.15) is 302 Å². The number of fused-ring (bicyclic) bond motifs is 12. The van der Waals surface area contributed by atoms with Gasteiger partial charge in [-0.3, -0.25) is 0 Å². The molecule has 0 nitrogen and oxygen atoms in total. The van der Waals surface area contributed by atoms with E-state index in [2.05, 4.69) is 275 Å². The summed E-state index contributed by atoms with van der Waals surface area (Å²) >= 11 is 0. The van der Waals surface area contributed by atoms with Gasteiger partial charge in [0.25, 0.3) is 0 Å². The molecule has 1 aliphatic carbocycles. The SMILES string of the molecule is CC1c2cc(cc(C(C)(C)C)c2)C(C)c2cc(cc(C(C)(C)C)c2)C(C)c2cc(cc(C(C)(C)C)c2)C(C)c2cc(cc(C(C)(C)C)c2)C(C)c2cc(cc(C(C)(C)C)c2)C(C)c2cc1cc(C(C)(C)C)c2. The maximum atomic E-state index is 2.56. The van der Waals surface area contributed by atoms with E-state index >= 15 is 0 Å². The molecular weight excluding hydrogens is 865 g/mol. The van der Waals surface area contributed by atoms with Crippen molar-refractivity contribution in [2.24, 2.45) is 0 Å². The Morgan fingerprint density at radius 1 is 0.167 bits per heavy atom. The third kappa shape index (κ3) is 11.8. The highest BCUT2D eigenvalue weighted by molar-refractivity contribution is 5.53. The van der Waals surface area contributed by atoms with Gasteiger partial charge >= 0.3 is 0 Å². The van der Waals surface area contributed by atoms with Crippen LogP contribution in [0.15, 0.2) is 109 Å². The van der Waals surface area contributed by atoms with Gasteiger partial charge < -0.3 is 0 Å². The van der Waals surface area contributed by atoms with Gasteiger partial charge in [0, 0.05) is 35.5 Å². The zero-order valence-corrected chi connectivity index (χ0v) is 49.9. The van der Waals surface area contributed by atoms with Crippen LogP contribution >= 0.6 is 0 Å². The minimum absolute atomic E-state index is 0.0127. The molecule has 384 valence electrons. The molecule has 0 atom stereocenters. The van der Waals surface area contributed by atoms with Crippen LogP contribution in [0.2, 0.25) is 0 Å². The first kappa shape index (κ1) is 55.1. The van der Waals surface area contributed by atoms with Crippen LogP contribution in [0, 0.1) is 0 Å². The molecule has 0 saturated carbocycles. The van der Waals surface area contributed by atoms with E-state index in [0.717, 1.165) is 0 Å². The molecule has 72 heavy (non-hydrogen) atoms. The fourth-order valence-corrected chi connectivity index (χ4v) is 10.8. The lowest BCUT2D eigenvalue weighted by molar-refractivity contribution is 0.584. The molecule has 6 aromatic carbocycles. The lowest BCUT2D eigenvalue weighted by atomic mass is 9.75. The Hall–Kier alpha value is -4.68. The zero-order chi connectivity index (χ0) is 53.6. The topological polar surface area (TPSA) is 0 Å². The van der Waals surface area contributed by atoms with E-state index in [1.807, 2.05) is 0 Å². The van der Waals surface area contributed by atoms with Crippen LogP contribution < -0.4 is 0 Å². The molecule has 1 aliphatic rings. The van der Waals surface area contributed by atoms with Crippen molar-refractivity contribution >= 4 is 0 Å². The number of hydrogen-bond acceptors (Lipinski definition) is 0. The lowest BCUT2D eigenvalue weighted by Gasteiger charge is -2.30. The number of hydrogen-bond donors (Lipinski definition) is 0. The van der Waals surface area contributed by atoms with E-state index < -0.39 is 0 Å². The second-order valence-corrected chi connectivity index (χ2v) is 29.2. The Labute approximate surface area is 441 Å². The monoisotopic (exact) mass is 961 g/mol. The molecule has 0 heterocycles. The molecule has 0 N–H and O–H groups in total. The standard InChI is InChI=1S/C72H96/c1-43-49-25-51(33-61(31-49)67(7,8)9)44(2)53-27-55(37-63(35-53)69(13,14)15)46(4)57-29-59(41-65(39-57)71(19,20)21)48(6)60-30-58(40-66(42-60)72(22,23)24)47(5)56-28-54(36-64(38-56)70(16,17)18)45(3)52-26-50(43)32-62(34-52)68(10,11)12/h25-48H,1-24H3. The summed E-state index contributed by atoms with van der Waals surface area (Å²) in [4.78, 5) is 0. The zero-order valence-electron chi connectivity index (χ0n) is 49.9. The van der Waals surface area contributed by atoms with Crippen molar-refractivity contribution in [3.63, 3.8) is 0 Å². The highest BCUT2D eigenvalue weighted by Crippen LogP contribution is 2.44. The summed E-state index contributed by atoms with van der Waals surface area (Å²) in [6, 6.07) is 45.7. The Morgan fingerprint density at radius 3 is 0.319 bits per heavy atom. The fraction of sp³-hybridized carbons (Fsp3) is 0.500. The van der Waals surface area contributed by atoms with Crippen LogP contribution in [0.3, 0.4) is 0 Å². The van der Waals surface area contributed by atoms with Gasteiger partial charge in [0.1, 0.15) is 0 Å². The average molecular weight is 962 g/mol. The second-order valence-electron chi connectivity index (χ2n) is 29.2. The van der Waals surface area contributed by atoms with Crippen LogP contribution in [0.4, 0.5) is 0 Å². The molecular formula is C72H96. The predicted octanol–water partition coefficient (Wildman–Crippen LogP) is 20.7. The van der Waals surface area contributed by atoms with Gasteiger partial charge in [-0.25, -0.2) is 0 Å². The first-order valence-electron chi connectivity index (χ1n) is 27.8. The van der Waals surface area contributed by atoms with Crippen LogP contribution in [0.5, 0.6) is 0 Å². The third-order valence-electron chi connectivity index (χ3n) is 17.1. The van der Waals surface area contributed by atoms with Gasteiger partial charge in [0.05, 0.1) is 0 Å². The second kappa shape index (κ2) is 19.2. The van der Waals surface area contributed by atoms with Gasteiger partial charge in [0.15, 0.2) is 0 Å². The van der Waals surface area contributed by atoms with Gasteiger partial charge in [-0.1, -0.05) is 275 Å². The van der Waals surface area contributed by atoms with E-state index in [1.165, 1.54) is 100 Å². The number of rotatable bonds is 0. The largest absolute Gasteiger partial charge is 0.0561 e. The normalized spacial score (nSPS) is 20.5. The number of benzene rings is 6. The van der Waals surface area contributed by atoms with Gasteiger partial charge in [-0.15, -0.1) is 0 Å². The minimum atomic E-state index is -0.0127. The van der Waals surface area contributed by atoms with Crippen molar-refractivity contribution in [3.05, 3.63) is 209 Å². The van der Waals surface area contributed by atoms with Crippen molar-refractivity contribution in [1.29, 1.82) is 0 Å². The predicted molar refractivity (Wildman–Crippen MR) is 316 cm³/mol. The highest BCUT2D eigenvalue weighted by Gasteiger charge is 2.29. The van der Waals surface area contributed by atoms with E-state index in [4.69, 9.17) is 0 Å². The summed E-state index contributed by atoms with van der Waals surface area (Å²) < 4.78 is 0. The van der Waals surface area contributed by atoms with Crippen molar-refractivity contribution in [1.82, 2.24) is 0 Å². The Balaban J connectivity index is 1.58. The summed E-state index contributed by atoms with van der Waals surface area (Å²) in [5.74, 6) is 1.17. The molecule has 0 unspecified atom stereocenters. The summed E-state index contributed by atoms with van der Waals surface area (Å²) in [5, 5.41) is 0. The lowest BCUT2D eigenvalue weighted by Crippen LogP contribution is -2.17. The molecule has 0 spiro atoms. The molecule has 0 aromatic heterocycles.